The van der Waals surface area contributed by atoms with Gasteiger partial charge in [-0.2, -0.15) is 0 Å². The maximum Gasteiger partial charge on any atom is 0.267 e. The minimum Gasteiger partial charge on any atom is -0.315 e. The fraction of sp³-hybridized carbons (Fsp3) is 0.130. The number of rotatable bonds is 5. The van der Waals surface area contributed by atoms with Crippen molar-refractivity contribution in [1.29, 1.82) is 0 Å². The highest BCUT2D eigenvalue weighted by atomic mass is 32.2. The maximum atomic E-state index is 13.0. The molecule has 0 aliphatic rings. The first-order chi connectivity index (χ1) is 14.2. The van der Waals surface area contributed by atoms with Gasteiger partial charge in [0, 0.05) is 17.1 Å². The molecule has 0 bridgehead atoms. The van der Waals surface area contributed by atoms with Gasteiger partial charge in [-0.05, 0) is 37.6 Å². The molecule has 0 saturated carbocycles. The number of ketones is 1. The molecule has 4 aromatic rings. The first kappa shape index (κ1) is 19.8. The van der Waals surface area contributed by atoms with Gasteiger partial charge in [-0.3, -0.25) is 9.59 Å². The predicted octanol–water partition coefficient (Wildman–Crippen LogP) is 3.86. The minimum atomic E-state index is -3.89. The third kappa shape index (κ3) is 3.71. The second-order valence-corrected chi connectivity index (χ2v) is 9.02. The van der Waals surface area contributed by atoms with Gasteiger partial charge in [0.2, 0.25) is 10.0 Å². The predicted molar refractivity (Wildman–Crippen MR) is 116 cm³/mol. The molecular formula is C23H20N2O4S. The molecule has 0 unspecified atom stereocenters. The van der Waals surface area contributed by atoms with Crippen molar-refractivity contribution in [3.05, 3.63) is 89.1 Å². The van der Waals surface area contributed by atoms with Crippen LogP contribution in [0.3, 0.4) is 0 Å². The summed E-state index contributed by atoms with van der Waals surface area (Å²) in [6.07, 6.45) is 1.66. The van der Waals surface area contributed by atoms with E-state index in [1.807, 2.05) is 31.2 Å². The Morgan fingerprint density at radius 3 is 2.33 bits per heavy atom. The highest BCUT2D eigenvalue weighted by molar-refractivity contribution is 7.89. The van der Waals surface area contributed by atoms with Crippen LogP contribution in [-0.4, -0.2) is 24.5 Å². The highest BCUT2D eigenvalue weighted by Crippen LogP contribution is 2.27. The minimum absolute atomic E-state index is 0.0960. The Morgan fingerprint density at radius 2 is 1.63 bits per heavy atom. The van der Waals surface area contributed by atoms with Crippen molar-refractivity contribution in [3.8, 4) is 0 Å². The number of aromatic nitrogens is 1. The Hall–Kier alpha value is -3.45. The van der Waals surface area contributed by atoms with Crippen molar-refractivity contribution in [2.24, 2.45) is 0 Å². The quantitative estimate of drug-likeness (QED) is 0.497. The molecule has 2 heterocycles. The molecule has 7 heteroatoms. The maximum absolute atomic E-state index is 13.0. The number of sulfonamides is 1. The van der Waals surface area contributed by atoms with Crippen LogP contribution < -0.4 is 4.72 Å². The molecule has 6 nitrogen and oxygen atoms in total. The largest absolute Gasteiger partial charge is 0.315 e. The first-order valence-corrected chi connectivity index (χ1v) is 11.0. The third-order valence-electron chi connectivity index (χ3n) is 5.00. The molecule has 0 spiro atoms. The van der Waals surface area contributed by atoms with Crippen LogP contribution in [0.15, 0.2) is 66.9 Å². The van der Waals surface area contributed by atoms with Crippen molar-refractivity contribution in [2.45, 2.75) is 19.6 Å². The van der Waals surface area contributed by atoms with Crippen molar-refractivity contribution in [1.82, 2.24) is 9.12 Å². The van der Waals surface area contributed by atoms with E-state index in [-0.39, 0.29) is 17.1 Å². The zero-order chi connectivity index (χ0) is 21.5. The summed E-state index contributed by atoms with van der Waals surface area (Å²) < 4.78 is 29.2. The Balaban J connectivity index is 1.75. The summed E-state index contributed by atoms with van der Waals surface area (Å²) in [5, 5.41) is 0.612. The highest BCUT2D eigenvalue weighted by Gasteiger charge is 2.23. The molecule has 0 aliphatic heterocycles. The van der Waals surface area contributed by atoms with Crippen LogP contribution in [0.1, 0.15) is 38.8 Å². The molecule has 0 atom stereocenters. The van der Waals surface area contributed by atoms with E-state index in [0.717, 1.165) is 11.1 Å². The summed E-state index contributed by atoms with van der Waals surface area (Å²) in [5.41, 5.74) is 3.63. The van der Waals surface area contributed by atoms with Crippen LogP contribution in [0.4, 0.5) is 0 Å². The van der Waals surface area contributed by atoms with E-state index >= 15 is 0 Å². The number of pyridine rings is 1. The first-order valence-electron chi connectivity index (χ1n) is 9.39. The molecule has 2 aromatic carbocycles. The average Bonchev–Trinajstić information content (AvgIpc) is 3.03. The molecule has 1 N–H and O–H groups in total. The monoisotopic (exact) mass is 420 g/mol. The van der Waals surface area contributed by atoms with E-state index in [1.54, 1.807) is 47.0 Å². The number of hydrogen-bond donors (Lipinski definition) is 1. The summed E-state index contributed by atoms with van der Waals surface area (Å²) >= 11 is 0. The number of benzene rings is 2. The van der Waals surface area contributed by atoms with Crippen LogP contribution in [0.2, 0.25) is 0 Å². The van der Waals surface area contributed by atoms with E-state index in [4.69, 9.17) is 0 Å². The van der Waals surface area contributed by atoms with Crippen molar-refractivity contribution in [3.63, 3.8) is 0 Å². The van der Waals surface area contributed by atoms with Crippen molar-refractivity contribution >= 4 is 38.1 Å². The fourth-order valence-electron chi connectivity index (χ4n) is 3.52. The number of hydrogen-bond acceptors (Lipinski definition) is 4. The van der Waals surface area contributed by atoms with Gasteiger partial charge in [0.25, 0.3) is 5.91 Å². The standard InChI is InChI=1S/C23H20N2O4S/c1-15-7-9-17(10-8-15)14-30(28,29)24-23(27)22-19-5-3-4-6-20(19)25-13-18(16(2)26)11-12-21(22)25/h3-13H,14H2,1-2H3,(H,24,27). The summed E-state index contributed by atoms with van der Waals surface area (Å²) in [5.74, 6) is -1.09. The molecular weight excluding hydrogens is 400 g/mol. The number of carbonyl (C=O) groups is 2. The number of carbonyl (C=O) groups excluding carboxylic acids is 2. The number of nitrogens with zero attached hydrogens (tertiary/aromatic N) is 1. The number of fused-ring (bicyclic) bond motifs is 3. The fourth-order valence-corrected chi connectivity index (χ4v) is 4.60. The molecule has 0 saturated heterocycles. The van der Waals surface area contributed by atoms with Crippen LogP contribution in [0.5, 0.6) is 0 Å². The molecule has 1 amide bonds. The smallest absolute Gasteiger partial charge is 0.267 e. The van der Waals surface area contributed by atoms with Gasteiger partial charge in [-0.25, -0.2) is 13.1 Å². The molecule has 0 radical (unpaired) electrons. The van der Waals surface area contributed by atoms with Gasteiger partial charge in [0.15, 0.2) is 5.78 Å². The van der Waals surface area contributed by atoms with Crippen LogP contribution >= 0.6 is 0 Å². The van der Waals surface area contributed by atoms with Gasteiger partial charge < -0.3 is 4.40 Å². The van der Waals surface area contributed by atoms with Crippen LogP contribution in [-0.2, 0) is 15.8 Å². The lowest BCUT2D eigenvalue weighted by Gasteiger charge is -2.08. The van der Waals surface area contributed by atoms with Gasteiger partial charge in [0.05, 0.1) is 22.3 Å². The normalized spacial score (nSPS) is 11.7. The third-order valence-corrected chi connectivity index (χ3v) is 6.21. The van der Waals surface area contributed by atoms with E-state index < -0.39 is 15.9 Å². The number of nitrogens with one attached hydrogen (secondary N) is 1. The lowest BCUT2D eigenvalue weighted by Crippen LogP contribution is -2.31. The Labute approximate surface area is 174 Å². The summed E-state index contributed by atoms with van der Waals surface area (Å²) in [6, 6.07) is 17.6. The number of para-hydroxylation sites is 1. The second kappa shape index (κ2) is 7.42. The van der Waals surface area contributed by atoms with E-state index in [9.17, 15) is 18.0 Å². The van der Waals surface area contributed by atoms with Gasteiger partial charge >= 0.3 is 0 Å². The number of aryl methyl sites for hydroxylation is 1. The van der Waals surface area contributed by atoms with Gasteiger partial charge in [0.1, 0.15) is 0 Å². The molecule has 152 valence electrons. The topological polar surface area (TPSA) is 84.7 Å². The average molecular weight is 420 g/mol. The summed E-state index contributed by atoms with van der Waals surface area (Å²) in [6.45, 7) is 3.39. The second-order valence-electron chi connectivity index (χ2n) is 7.30. The van der Waals surface area contributed by atoms with Gasteiger partial charge in [-0.15, -0.1) is 0 Å². The van der Waals surface area contributed by atoms with Crippen molar-refractivity contribution < 1.29 is 18.0 Å². The molecule has 0 aliphatic carbocycles. The Morgan fingerprint density at radius 1 is 0.933 bits per heavy atom. The number of Topliss-reactive ketones (excluding diaryl/α,β-unsaturated/α-hetero) is 1. The van der Waals surface area contributed by atoms with Gasteiger partial charge in [-0.1, -0.05) is 48.0 Å². The van der Waals surface area contributed by atoms with Crippen molar-refractivity contribution in [2.75, 3.05) is 0 Å². The number of amides is 1. The zero-order valence-electron chi connectivity index (χ0n) is 16.5. The SMILES string of the molecule is CC(=O)c1ccc2c(C(=O)NS(=O)(=O)Cc3ccc(C)cc3)c3ccccc3n2c1. The Bertz CT molecular complexity index is 1400. The van der Waals surface area contributed by atoms with E-state index in [2.05, 4.69) is 4.72 Å². The molecule has 30 heavy (non-hydrogen) atoms. The van der Waals surface area contributed by atoms with E-state index in [0.29, 0.717) is 22.0 Å². The molecule has 2 aromatic heterocycles. The summed E-state index contributed by atoms with van der Waals surface area (Å²) in [4.78, 5) is 24.8. The summed E-state index contributed by atoms with van der Waals surface area (Å²) in [7, 11) is -3.89. The Kier molecular flexibility index (Phi) is 4.91. The zero-order valence-corrected chi connectivity index (χ0v) is 17.4. The lowest BCUT2D eigenvalue weighted by molar-refractivity contribution is 0.0982. The lowest BCUT2D eigenvalue weighted by atomic mass is 10.1. The molecule has 0 fully saturated rings. The van der Waals surface area contributed by atoms with Crippen LogP contribution in [0.25, 0.3) is 16.4 Å². The molecule has 4 rings (SSSR count). The van der Waals surface area contributed by atoms with Crippen LogP contribution in [0, 0.1) is 6.92 Å². The van der Waals surface area contributed by atoms with E-state index in [1.165, 1.54) is 6.92 Å².